The molecule has 0 aliphatic rings. The fourth-order valence-electron chi connectivity index (χ4n) is 1.30. The second-order valence-electron chi connectivity index (χ2n) is 4.26. The van der Waals surface area contributed by atoms with Crippen LogP contribution in [0, 0.1) is 0 Å². The lowest BCUT2D eigenvalue weighted by Crippen LogP contribution is -2.17. The molecule has 6 nitrogen and oxygen atoms in total. The third-order valence-corrected chi connectivity index (χ3v) is 2.46. The van der Waals surface area contributed by atoms with E-state index in [1.807, 2.05) is 0 Å². The van der Waals surface area contributed by atoms with E-state index < -0.39 is 0 Å². The zero-order valence-corrected chi connectivity index (χ0v) is 12.8. The molecule has 0 aliphatic carbocycles. The van der Waals surface area contributed by atoms with E-state index in [0.29, 0.717) is 52.6 Å². The number of hydrogen-bond acceptors (Lipinski definition) is 6. The fourth-order valence-corrected chi connectivity index (χ4v) is 1.30. The first-order chi connectivity index (χ1) is 9.81. The molecule has 0 spiro atoms. The highest BCUT2D eigenvalue weighted by atomic mass is 16.6. The highest BCUT2D eigenvalue weighted by molar-refractivity contribution is 5.69. The molecule has 0 aromatic heterocycles. The molecule has 0 aromatic rings. The minimum Gasteiger partial charge on any atom is -0.463 e. The molecule has 0 aromatic carbocycles. The molecule has 0 saturated heterocycles. The van der Waals surface area contributed by atoms with Gasteiger partial charge in [-0.05, 0) is 13.5 Å². The molecule has 0 aliphatic heterocycles. The summed E-state index contributed by atoms with van der Waals surface area (Å²) in [6, 6.07) is 0. The van der Waals surface area contributed by atoms with Crippen LogP contribution in [0.5, 0.6) is 0 Å². The summed E-state index contributed by atoms with van der Waals surface area (Å²) < 4.78 is 20.9. The molecular weight excluding hydrogens is 262 g/mol. The molecule has 1 N–H and O–H groups in total. The molecule has 20 heavy (non-hydrogen) atoms. The minimum atomic E-state index is -0.205. The van der Waals surface area contributed by atoms with Gasteiger partial charge in [-0.2, -0.15) is 0 Å². The predicted molar refractivity (Wildman–Crippen MR) is 76.9 cm³/mol. The lowest BCUT2D eigenvalue weighted by molar-refractivity contribution is -0.145. The van der Waals surface area contributed by atoms with Crippen LogP contribution in [0.15, 0.2) is 0 Å². The summed E-state index contributed by atoms with van der Waals surface area (Å²) in [5.74, 6) is -0.205. The van der Waals surface area contributed by atoms with Crippen molar-refractivity contribution in [2.45, 2.75) is 26.2 Å². The highest BCUT2D eigenvalue weighted by Crippen LogP contribution is 1.88. The number of ether oxygens (including phenoxy) is 4. The number of unbranched alkanes of at least 4 members (excludes halogenated alkanes) is 1. The number of carbonyl (C=O) groups excluding carboxylic acids is 1. The van der Waals surface area contributed by atoms with Gasteiger partial charge in [-0.1, -0.05) is 13.3 Å². The summed E-state index contributed by atoms with van der Waals surface area (Å²) in [6.07, 6.45) is 2.63. The number of hydrogen-bond donors (Lipinski definition) is 1. The van der Waals surface area contributed by atoms with Gasteiger partial charge in [0.2, 0.25) is 0 Å². The summed E-state index contributed by atoms with van der Waals surface area (Å²) in [5, 5.41) is 2.89. The Morgan fingerprint density at radius 2 is 1.45 bits per heavy atom. The van der Waals surface area contributed by atoms with Gasteiger partial charge in [-0.3, -0.25) is 4.79 Å². The molecule has 0 rings (SSSR count). The molecule has 0 heterocycles. The van der Waals surface area contributed by atoms with Crippen LogP contribution in [-0.2, 0) is 23.7 Å². The van der Waals surface area contributed by atoms with Crippen LogP contribution >= 0.6 is 0 Å². The van der Waals surface area contributed by atoms with Gasteiger partial charge in [0.15, 0.2) is 0 Å². The quantitative estimate of drug-likeness (QED) is 0.358. The van der Waals surface area contributed by atoms with Crippen molar-refractivity contribution < 1.29 is 23.7 Å². The van der Waals surface area contributed by atoms with Crippen molar-refractivity contribution in [1.29, 1.82) is 0 Å². The van der Waals surface area contributed by atoms with E-state index in [4.69, 9.17) is 18.9 Å². The zero-order valence-electron chi connectivity index (χ0n) is 12.8. The van der Waals surface area contributed by atoms with Crippen molar-refractivity contribution in [2.75, 3.05) is 59.8 Å². The smallest absolute Gasteiger partial charge is 0.307 e. The molecule has 0 bridgehead atoms. The summed E-state index contributed by atoms with van der Waals surface area (Å²) >= 11 is 0. The predicted octanol–water partition coefficient (Wildman–Crippen LogP) is 0.989. The number of rotatable bonds is 15. The SMILES string of the molecule is CCCCOCCOCCOCCOC(=O)CCNC. The molecule has 120 valence electrons. The average Bonchev–Trinajstić information content (AvgIpc) is 2.46. The van der Waals surface area contributed by atoms with Gasteiger partial charge in [0.05, 0.1) is 39.5 Å². The van der Waals surface area contributed by atoms with Crippen molar-refractivity contribution in [3.63, 3.8) is 0 Å². The van der Waals surface area contributed by atoms with Crippen LogP contribution in [0.3, 0.4) is 0 Å². The highest BCUT2D eigenvalue weighted by Gasteiger charge is 2.00. The molecule has 0 fully saturated rings. The second kappa shape index (κ2) is 16.4. The largest absolute Gasteiger partial charge is 0.463 e. The van der Waals surface area contributed by atoms with Crippen molar-refractivity contribution in [1.82, 2.24) is 5.32 Å². The van der Waals surface area contributed by atoms with Crippen LogP contribution < -0.4 is 5.32 Å². The first-order valence-corrected chi connectivity index (χ1v) is 7.34. The number of carbonyl (C=O) groups is 1. The van der Waals surface area contributed by atoms with E-state index in [1.165, 1.54) is 0 Å². The van der Waals surface area contributed by atoms with Gasteiger partial charge in [0.1, 0.15) is 6.61 Å². The van der Waals surface area contributed by atoms with Gasteiger partial charge >= 0.3 is 5.97 Å². The molecule has 0 saturated carbocycles. The summed E-state index contributed by atoms with van der Waals surface area (Å²) in [5.41, 5.74) is 0. The normalized spacial score (nSPS) is 10.7. The molecule has 0 atom stereocenters. The van der Waals surface area contributed by atoms with Crippen LogP contribution in [0.2, 0.25) is 0 Å². The second-order valence-corrected chi connectivity index (χ2v) is 4.26. The van der Waals surface area contributed by atoms with Crippen molar-refractivity contribution in [3.8, 4) is 0 Å². The van der Waals surface area contributed by atoms with Crippen molar-refractivity contribution in [3.05, 3.63) is 0 Å². The van der Waals surface area contributed by atoms with Crippen LogP contribution in [-0.4, -0.2) is 65.8 Å². The maximum atomic E-state index is 11.1. The summed E-state index contributed by atoms with van der Waals surface area (Å²) in [7, 11) is 1.80. The first-order valence-electron chi connectivity index (χ1n) is 7.34. The standard InChI is InChI=1S/C14H29NO5/c1-3-4-7-17-8-9-18-10-11-19-12-13-20-14(16)5-6-15-2/h15H,3-13H2,1-2H3. The lowest BCUT2D eigenvalue weighted by Gasteiger charge is -2.07. The Kier molecular flexibility index (Phi) is 15.8. The fraction of sp³-hybridized carbons (Fsp3) is 0.929. The van der Waals surface area contributed by atoms with E-state index in [0.717, 1.165) is 19.4 Å². The van der Waals surface area contributed by atoms with Crippen LogP contribution in [0.1, 0.15) is 26.2 Å². The van der Waals surface area contributed by atoms with Gasteiger partial charge < -0.3 is 24.3 Å². The number of esters is 1. The summed E-state index contributed by atoms with van der Waals surface area (Å²) in [4.78, 5) is 11.1. The summed E-state index contributed by atoms with van der Waals surface area (Å²) in [6.45, 7) is 6.52. The molecule has 6 heteroatoms. The van der Waals surface area contributed by atoms with Gasteiger partial charge in [0.25, 0.3) is 0 Å². The molecular formula is C14H29NO5. The maximum absolute atomic E-state index is 11.1. The van der Waals surface area contributed by atoms with E-state index >= 15 is 0 Å². The molecule has 0 radical (unpaired) electrons. The third kappa shape index (κ3) is 15.4. The topological polar surface area (TPSA) is 66.0 Å². The van der Waals surface area contributed by atoms with Crippen LogP contribution in [0.4, 0.5) is 0 Å². The monoisotopic (exact) mass is 291 g/mol. The Bertz CT molecular complexity index is 214. The number of nitrogens with one attached hydrogen (secondary N) is 1. The Balaban J connectivity index is 3.04. The van der Waals surface area contributed by atoms with Crippen molar-refractivity contribution >= 4 is 5.97 Å². The zero-order chi connectivity index (χ0) is 14.9. The first kappa shape index (κ1) is 19.3. The van der Waals surface area contributed by atoms with E-state index in [2.05, 4.69) is 12.2 Å². The minimum absolute atomic E-state index is 0.205. The van der Waals surface area contributed by atoms with Crippen molar-refractivity contribution in [2.24, 2.45) is 0 Å². The average molecular weight is 291 g/mol. The molecule has 0 unspecified atom stereocenters. The van der Waals surface area contributed by atoms with E-state index in [9.17, 15) is 4.79 Å². The Morgan fingerprint density at radius 1 is 0.900 bits per heavy atom. The lowest BCUT2D eigenvalue weighted by atomic mass is 10.4. The Hall–Kier alpha value is -0.690. The van der Waals surface area contributed by atoms with Crippen LogP contribution in [0.25, 0.3) is 0 Å². The Labute approximate surface area is 122 Å². The van der Waals surface area contributed by atoms with E-state index in [-0.39, 0.29) is 5.97 Å². The Morgan fingerprint density at radius 3 is 2.00 bits per heavy atom. The van der Waals surface area contributed by atoms with Gasteiger partial charge in [0, 0.05) is 13.2 Å². The molecule has 0 amide bonds. The van der Waals surface area contributed by atoms with Gasteiger partial charge in [-0.15, -0.1) is 0 Å². The van der Waals surface area contributed by atoms with E-state index in [1.54, 1.807) is 7.05 Å². The third-order valence-electron chi connectivity index (χ3n) is 2.46. The van der Waals surface area contributed by atoms with Gasteiger partial charge in [-0.25, -0.2) is 0 Å². The maximum Gasteiger partial charge on any atom is 0.307 e.